The van der Waals surface area contributed by atoms with Crippen LogP contribution < -0.4 is 4.74 Å². The molecule has 0 radical (unpaired) electrons. The highest BCUT2D eigenvalue weighted by atomic mass is 35.5. The molecule has 2 rings (SSSR count). The van der Waals surface area contributed by atoms with E-state index < -0.39 is 11.9 Å². The van der Waals surface area contributed by atoms with Crippen molar-refractivity contribution in [2.24, 2.45) is 0 Å². The summed E-state index contributed by atoms with van der Waals surface area (Å²) < 4.78 is 9.78. The summed E-state index contributed by atoms with van der Waals surface area (Å²) in [7, 11) is 1.29. The molecule has 0 saturated heterocycles. The number of fused-ring (bicyclic) bond motifs is 1. The number of ether oxygens (including phenoxy) is 2. The van der Waals surface area contributed by atoms with Gasteiger partial charge in [0.05, 0.1) is 12.7 Å². The minimum Gasteiger partial charge on any atom is -0.465 e. The lowest BCUT2D eigenvalue weighted by Crippen LogP contribution is -2.05. The van der Waals surface area contributed by atoms with E-state index in [0.29, 0.717) is 16.0 Å². The lowest BCUT2D eigenvalue weighted by atomic mass is 10.1. The molecule has 0 spiro atoms. The van der Waals surface area contributed by atoms with Crippen LogP contribution in [0.1, 0.15) is 17.3 Å². The average Bonchev–Trinajstić information content (AvgIpc) is 2.37. The van der Waals surface area contributed by atoms with Crippen molar-refractivity contribution in [3.8, 4) is 5.75 Å². The molecule has 98 valence electrons. The van der Waals surface area contributed by atoms with Crippen molar-refractivity contribution in [1.82, 2.24) is 0 Å². The molecule has 2 aromatic rings. The van der Waals surface area contributed by atoms with Gasteiger partial charge in [0, 0.05) is 17.3 Å². The second-order valence-corrected chi connectivity index (χ2v) is 4.36. The first kappa shape index (κ1) is 13.4. The largest absolute Gasteiger partial charge is 0.465 e. The number of hydrogen-bond donors (Lipinski definition) is 0. The third kappa shape index (κ3) is 2.85. The monoisotopic (exact) mass is 278 g/mol. The highest BCUT2D eigenvalue weighted by Crippen LogP contribution is 2.30. The van der Waals surface area contributed by atoms with Crippen molar-refractivity contribution >= 4 is 34.3 Å². The molecule has 0 bridgehead atoms. The van der Waals surface area contributed by atoms with Crippen molar-refractivity contribution in [2.75, 3.05) is 7.11 Å². The van der Waals surface area contributed by atoms with Crippen LogP contribution in [0.5, 0.6) is 5.75 Å². The predicted molar refractivity (Wildman–Crippen MR) is 71.6 cm³/mol. The number of benzene rings is 2. The summed E-state index contributed by atoms with van der Waals surface area (Å²) in [6.07, 6.45) is 0. The van der Waals surface area contributed by atoms with Crippen molar-refractivity contribution in [2.45, 2.75) is 6.92 Å². The second-order valence-electron chi connectivity index (χ2n) is 3.93. The number of hydrogen-bond acceptors (Lipinski definition) is 4. The van der Waals surface area contributed by atoms with Gasteiger partial charge in [-0.1, -0.05) is 17.7 Å². The first-order chi connectivity index (χ1) is 9.01. The summed E-state index contributed by atoms with van der Waals surface area (Å²) in [6, 6.07) is 8.24. The van der Waals surface area contributed by atoms with Crippen molar-refractivity contribution in [1.29, 1.82) is 0 Å². The van der Waals surface area contributed by atoms with Crippen molar-refractivity contribution in [3.63, 3.8) is 0 Å². The molecule has 0 heterocycles. The van der Waals surface area contributed by atoms with Gasteiger partial charge in [-0.15, -0.1) is 0 Å². The van der Waals surface area contributed by atoms with Crippen molar-refractivity contribution < 1.29 is 19.1 Å². The molecule has 0 aliphatic rings. The first-order valence-electron chi connectivity index (χ1n) is 5.51. The summed E-state index contributed by atoms with van der Waals surface area (Å²) >= 11 is 5.92. The maximum Gasteiger partial charge on any atom is 0.338 e. The summed E-state index contributed by atoms with van der Waals surface area (Å²) in [4.78, 5) is 22.7. The zero-order valence-electron chi connectivity index (χ0n) is 10.4. The summed E-state index contributed by atoms with van der Waals surface area (Å²) in [5.41, 5.74) is 0.313. The maximum atomic E-state index is 11.6. The fourth-order valence-corrected chi connectivity index (χ4v) is 1.94. The molecule has 5 heteroatoms. The number of esters is 2. The first-order valence-corrected chi connectivity index (χ1v) is 5.89. The third-order valence-corrected chi connectivity index (χ3v) is 2.79. The lowest BCUT2D eigenvalue weighted by molar-refractivity contribution is -0.131. The average molecular weight is 279 g/mol. The molecule has 4 nitrogen and oxygen atoms in total. The van der Waals surface area contributed by atoms with Gasteiger partial charge < -0.3 is 9.47 Å². The van der Waals surface area contributed by atoms with E-state index in [1.807, 2.05) is 0 Å². The minimum atomic E-state index is -0.495. The van der Waals surface area contributed by atoms with Crippen molar-refractivity contribution in [3.05, 3.63) is 40.9 Å². The van der Waals surface area contributed by atoms with Crippen LogP contribution in [0.25, 0.3) is 10.8 Å². The molecule has 0 aliphatic heterocycles. The number of methoxy groups -OCH3 is 1. The molecular weight excluding hydrogens is 268 g/mol. The fraction of sp³-hybridized carbons (Fsp3) is 0.143. The molecule has 0 saturated carbocycles. The Balaban J connectivity index is 2.68. The quantitative estimate of drug-likeness (QED) is 0.625. The van der Waals surface area contributed by atoms with Gasteiger partial charge in [0.15, 0.2) is 0 Å². The number of carbonyl (C=O) groups is 2. The van der Waals surface area contributed by atoms with Gasteiger partial charge in [-0.2, -0.15) is 0 Å². The highest BCUT2D eigenvalue weighted by Gasteiger charge is 2.13. The van der Waals surface area contributed by atoms with E-state index in [1.165, 1.54) is 20.1 Å². The number of rotatable bonds is 2. The molecular formula is C14H11ClO4. The standard InChI is InChI=1S/C14H11ClO4/c1-8(16)19-13-6-10(14(17)18-2)5-9-3-4-11(15)7-12(9)13/h3-7H,1-2H3. The Kier molecular flexibility index (Phi) is 3.71. The molecule has 0 aliphatic carbocycles. The van der Waals surface area contributed by atoms with Crippen LogP contribution in [0.4, 0.5) is 0 Å². The van der Waals surface area contributed by atoms with E-state index in [-0.39, 0.29) is 5.75 Å². The van der Waals surface area contributed by atoms with E-state index in [4.69, 9.17) is 16.3 Å². The fourth-order valence-electron chi connectivity index (χ4n) is 1.77. The van der Waals surface area contributed by atoms with Gasteiger partial charge >= 0.3 is 11.9 Å². The molecule has 0 N–H and O–H groups in total. The smallest absolute Gasteiger partial charge is 0.338 e. The van der Waals surface area contributed by atoms with Crippen LogP contribution in [-0.4, -0.2) is 19.0 Å². The highest BCUT2D eigenvalue weighted by molar-refractivity contribution is 6.31. The minimum absolute atomic E-state index is 0.285. The molecule has 0 aromatic heterocycles. The second kappa shape index (κ2) is 5.28. The number of halogens is 1. The molecule has 0 unspecified atom stereocenters. The van der Waals surface area contributed by atoms with Gasteiger partial charge in [0.25, 0.3) is 0 Å². The van der Waals surface area contributed by atoms with Crippen LogP contribution in [0.2, 0.25) is 5.02 Å². The summed E-state index contributed by atoms with van der Waals surface area (Å²) in [6.45, 7) is 1.29. The molecule has 19 heavy (non-hydrogen) atoms. The van der Waals surface area contributed by atoms with E-state index in [9.17, 15) is 9.59 Å². The van der Waals surface area contributed by atoms with Gasteiger partial charge in [-0.25, -0.2) is 4.79 Å². The van der Waals surface area contributed by atoms with Crippen LogP contribution in [0.15, 0.2) is 30.3 Å². The summed E-state index contributed by atoms with van der Waals surface area (Å²) in [5.74, 6) is -0.679. The lowest BCUT2D eigenvalue weighted by Gasteiger charge is -2.09. The Hall–Kier alpha value is -2.07. The van der Waals surface area contributed by atoms with Crippen LogP contribution in [-0.2, 0) is 9.53 Å². The Labute approximate surface area is 114 Å². The Morgan fingerprint density at radius 1 is 1.16 bits per heavy atom. The summed E-state index contributed by atoms with van der Waals surface area (Å²) in [5, 5.41) is 1.92. The van der Waals surface area contributed by atoms with Gasteiger partial charge in [-0.05, 0) is 29.7 Å². The Morgan fingerprint density at radius 2 is 1.89 bits per heavy atom. The zero-order valence-corrected chi connectivity index (χ0v) is 11.2. The van der Waals surface area contributed by atoms with Gasteiger partial charge in [0.1, 0.15) is 5.75 Å². The SMILES string of the molecule is COC(=O)c1cc(OC(C)=O)c2cc(Cl)ccc2c1. The normalized spacial score (nSPS) is 10.3. The van der Waals surface area contributed by atoms with E-state index in [1.54, 1.807) is 24.3 Å². The molecule has 2 aromatic carbocycles. The van der Waals surface area contributed by atoms with Crippen LogP contribution in [0, 0.1) is 0 Å². The van der Waals surface area contributed by atoms with E-state index in [2.05, 4.69) is 4.74 Å². The Morgan fingerprint density at radius 3 is 2.53 bits per heavy atom. The van der Waals surface area contributed by atoms with Gasteiger partial charge in [0.2, 0.25) is 0 Å². The Bertz CT molecular complexity index is 664. The zero-order chi connectivity index (χ0) is 14.0. The van der Waals surface area contributed by atoms with Crippen LogP contribution >= 0.6 is 11.6 Å². The third-order valence-electron chi connectivity index (χ3n) is 2.55. The molecule has 0 fully saturated rings. The number of carbonyl (C=O) groups excluding carboxylic acids is 2. The van der Waals surface area contributed by atoms with E-state index >= 15 is 0 Å². The topological polar surface area (TPSA) is 52.6 Å². The predicted octanol–water partition coefficient (Wildman–Crippen LogP) is 3.21. The molecule has 0 amide bonds. The molecule has 0 atom stereocenters. The van der Waals surface area contributed by atoms with E-state index in [0.717, 1.165) is 5.39 Å². The van der Waals surface area contributed by atoms with Gasteiger partial charge in [-0.3, -0.25) is 4.79 Å². The maximum absolute atomic E-state index is 11.6. The van der Waals surface area contributed by atoms with Crippen LogP contribution in [0.3, 0.4) is 0 Å².